The lowest BCUT2D eigenvalue weighted by Crippen LogP contribution is -2.15. The number of hydrogen-bond donors (Lipinski definition) is 2. The summed E-state index contributed by atoms with van der Waals surface area (Å²) >= 11 is 1.89. The van der Waals surface area contributed by atoms with E-state index in [1.807, 2.05) is 11.8 Å². The molecule has 0 bridgehead atoms. The van der Waals surface area contributed by atoms with Gasteiger partial charge in [-0.15, -0.1) is 0 Å². The Hall–Kier alpha value is -1.04. The van der Waals surface area contributed by atoms with Gasteiger partial charge >= 0.3 is 6.18 Å². The fraction of sp³-hybridized carbons (Fsp3) is 0.500. The van der Waals surface area contributed by atoms with Crippen LogP contribution in [0, 0.1) is 0 Å². The van der Waals surface area contributed by atoms with Gasteiger partial charge in [0.25, 0.3) is 0 Å². The second kappa shape index (κ2) is 5.30. The number of anilines is 2. The third-order valence-corrected chi connectivity index (χ3v) is 4.32. The smallest absolute Gasteiger partial charge is 0.397 e. The van der Waals surface area contributed by atoms with Crippen molar-refractivity contribution >= 4 is 23.1 Å². The van der Waals surface area contributed by atoms with Crippen LogP contribution in [0.25, 0.3) is 0 Å². The molecule has 1 aromatic rings. The van der Waals surface area contributed by atoms with Crippen LogP contribution in [0.2, 0.25) is 0 Å². The Morgan fingerprint density at radius 3 is 2.72 bits per heavy atom. The molecule has 0 amide bonds. The first kappa shape index (κ1) is 13.4. The summed E-state index contributed by atoms with van der Waals surface area (Å²) in [4.78, 5) is 0. The van der Waals surface area contributed by atoms with E-state index in [0.717, 1.165) is 30.9 Å². The van der Waals surface area contributed by atoms with Gasteiger partial charge in [-0.3, -0.25) is 0 Å². The maximum atomic E-state index is 12.5. The second-order valence-electron chi connectivity index (χ2n) is 4.32. The van der Waals surface area contributed by atoms with Crippen LogP contribution >= 0.6 is 11.8 Å². The molecule has 3 N–H and O–H groups in total. The molecule has 2 nitrogen and oxygen atoms in total. The van der Waals surface area contributed by atoms with Gasteiger partial charge < -0.3 is 11.1 Å². The molecule has 0 saturated carbocycles. The number of nitrogens with one attached hydrogen (secondary N) is 1. The van der Waals surface area contributed by atoms with Crippen molar-refractivity contribution < 1.29 is 13.2 Å². The molecule has 1 saturated heterocycles. The minimum absolute atomic E-state index is 0.146. The van der Waals surface area contributed by atoms with E-state index in [9.17, 15) is 13.2 Å². The summed E-state index contributed by atoms with van der Waals surface area (Å²) in [6.07, 6.45) is -1.98. The maximum absolute atomic E-state index is 12.5. The number of halogens is 3. The van der Waals surface area contributed by atoms with Crippen LogP contribution in [0.3, 0.4) is 0 Å². The third kappa shape index (κ3) is 3.25. The first-order chi connectivity index (χ1) is 8.47. The topological polar surface area (TPSA) is 38.0 Å². The summed E-state index contributed by atoms with van der Waals surface area (Å²) in [5.41, 5.74) is 5.65. The monoisotopic (exact) mass is 276 g/mol. The van der Waals surface area contributed by atoms with Crippen molar-refractivity contribution in [1.29, 1.82) is 0 Å². The Kier molecular flexibility index (Phi) is 3.94. The van der Waals surface area contributed by atoms with Crippen molar-refractivity contribution in [2.24, 2.45) is 0 Å². The molecule has 0 aromatic heterocycles. The van der Waals surface area contributed by atoms with Crippen molar-refractivity contribution in [3.05, 3.63) is 23.8 Å². The standard InChI is InChI=1S/C12H15F3N2S/c13-12(14,15)8-3-4-11(10(16)6-8)17-7-9-2-1-5-18-9/h3-4,6,9,17H,1-2,5,7,16H2. The molecule has 1 aliphatic rings. The molecule has 18 heavy (non-hydrogen) atoms. The quantitative estimate of drug-likeness (QED) is 0.828. The lowest BCUT2D eigenvalue weighted by molar-refractivity contribution is -0.137. The lowest BCUT2D eigenvalue weighted by Gasteiger charge is -2.15. The highest BCUT2D eigenvalue weighted by Gasteiger charge is 2.30. The summed E-state index contributed by atoms with van der Waals surface area (Å²) in [5.74, 6) is 1.16. The van der Waals surface area contributed by atoms with E-state index in [1.54, 1.807) is 0 Å². The zero-order valence-electron chi connectivity index (χ0n) is 9.76. The van der Waals surface area contributed by atoms with Crippen LogP contribution in [0.15, 0.2) is 18.2 Å². The molecule has 0 radical (unpaired) electrons. The zero-order chi connectivity index (χ0) is 13.2. The Balaban J connectivity index is 2.01. The van der Waals surface area contributed by atoms with Gasteiger partial charge in [0.05, 0.1) is 16.9 Å². The third-order valence-electron chi connectivity index (χ3n) is 2.92. The first-order valence-electron chi connectivity index (χ1n) is 5.79. The largest absolute Gasteiger partial charge is 0.416 e. The van der Waals surface area contributed by atoms with Gasteiger partial charge in [0, 0.05) is 11.8 Å². The van der Waals surface area contributed by atoms with Gasteiger partial charge in [-0.1, -0.05) is 0 Å². The summed E-state index contributed by atoms with van der Waals surface area (Å²) in [7, 11) is 0. The van der Waals surface area contributed by atoms with Gasteiger partial charge in [-0.05, 0) is 36.8 Å². The summed E-state index contributed by atoms with van der Waals surface area (Å²) in [6, 6.07) is 3.43. The minimum Gasteiger partial charge on any atom is -0.397 e. The SMILES string of the molecule is Nc1cc(C(F)(F)F)ccc1NCC1CCCS1. The predicted octanol–water partition coefficient (Wildman–Crippen LogP) is 3.60. The fourth-order valence-electron chi connectivity index (χ4n) is 1.93. The van der Waals surface area contributed by atoms with Crippen molar-refractivity contribution in [3.8, 4) is 0 Å². The van der Waals surface area contributed by atoms with Crippen molar-refractivity contribution in [3.63, 3.8) is 0 Å². The molecule has 2 rings (SSSR count). The fourth-order valence-corrected chi connectivity index (χ4v) is 3.13. The van der Waals surface area contributed by atoms with Crippen molar-refractivity contribution in [2.45, 2.75) is 24.3 Å². The molecule has 1 aromatic carbocycles. The predicted molar refractivity (Wildman–Crippen MR) is 69.8 cm³/mol. The van der Waals surface area contributed by atoms with E-state index < -0.39 is 11.7 Å². The number of hydrogen-bond acceptors (Lipinski definition) is 3. The van der Waals surface area contributed by atoms with Crippen molar-refractivity contribution in [1.82, 2.24) is 0 Å². The van der Waals surface area contributed by atoms with E-state index >= 15 is 0 Å². The summed E-state index contributed by atoms with van der Waals surface area (Å²) in [5, 5.41) is 3.65. The van der Waals surface area contributed by atoms with Gasteiger partial charge in [-0.2, -0.15) is 24.9 Å². The Morgan fingerprint density at radius 1 is 1.39 bits per heavy atom. The molecule has 1 heterocycles. The Labute approximate surface area is 108 Å². The highest BCUT2D eigenvalue weighted by molar-refractivity contribution is 8.00. The molecule has 0 aliphatic carbocycles. The van der Waals surface area contributed by atoms with Crippen LogP contribution in [-0.2, 0) is 6.18 Å². The van der Waals surface area contributed by atoms with Crippen LogP contribution in [-0.4, -0.2) is 17.5 Å². The number of benzene rings is 1. The minimum atomic E-state index is -4.34. The molecule has 1 unspecified atom stereocenters. The zero-order valence-corrected chi connectivity index (χ0v) is 10.6. The second-order valence-corrected chi connectivity index (χ2v) is 5.72. The first-order valence-corrected chi connectivity index (χ1v) is 6.84. The van der Waals surface area contributed by atoms with Crippen LogP contribution in [0.4, 0.5) is 24.5 Å². The molecule has 1 atom stereocenters. The molecule has 1 fully saturated rings. The molecule has 0 spiro atoms. The average Bonchev–Trinajstić information content (AvgIpc) is 2.79. The average molecular weight is 276 g/mol. The maximum Gasteiger partial charge on any atom is 0.416 e. The lowest BCUT2D eigenvalue weighted by atomic mass is 10.1. The highest BCUT2D eigenvalue weighted by atomic mass is 32.2. The number of nitrogens with two attached hydrogens (primary N) is 1. The van der Waals surface area contributed by atoms with E-state index in [2.05, 4.69) is 5.32 Å². The Morgan fingerprint density at radius 2 is 2.17 bits per heavy atom. The number of alkyl halides is 3. The summed E-state index contributed by atoms with van der Waals surface area (Å²) < 4.78 is 37.4. The van der Waals surface area contributed by atoms with Crippen LogP contribution < -0.4 is 11.1 Å². The number of thioether (sulfide) groups is 1. The Bertz CT molecular complexity index is 414. The van der Waals surface area contributed by atoms with Crippen molar-refractivity contribution in [2.75, 3.05) is 23.3 Å². The van der Waals surface area contributed by atoms with Gasteiger partial charge in [0.2, 0.25) is 0 Å². The van der Waals surface area contributed by atoms with Gasteiger partial charge in [0.15, 0.2) is 0 Å². The van der Waals surface area contributed by atoms with Gasteiger partial charge in [-0.25, -0.2) is 0 Å². The van der Waals surface area contributed by atoms with E-state index in [-0.39, 0.29) is 5.69 Å². The van der Waals surface area contributed by atoms with Gasteiger partial charge in [0.1, 0.15) is 0 Å². The molecule has 6 heteroatoms. The van der Waals surface area contributed by atoms with Crippen LogP contribution in [0.5, 0.6) is 0 Å². The van der Waals surface area contributed by atoms with Crippen LogP contribution in [0.1, 0.15) is 18.4 Å². The molecular weight excluding hydrogens is 261 g/mol. The normalized spacial score (nSPS) is 20.1. The molecule has 1 aliphatic heterocycles. The molecule has 100 valence electrons. The van der Waals surface area contributed by atoms with E-state index in [0.29, 0.717) is 10.9 Å². The molecular formula is C12H15F3N2S. The summed E-state index contributed by atoms with van der Waals surface area (Å²) in [6.45, 7) is 0.750. The van der Waals surface area contributed by atoms with E-state index in [4.69, 9.17) is 5.73 Å². The number of rotatable bonds is 3. The highest BCUT2D eigenvalue weighted by Crippen LogP contribution is 2.33. The van der Waals surface area contributed by atoms with E-state index in [1.165, 1.54) is 12.5 Å². The number of nitrogen functional groups attached to an aromatic ring is 1.